The maximum absolute atomic E-state index is 12.8. The van der Waals surface area contributed by atoms with Crippen LogP contribution in [0.3, 0.4) is 0 Å². The molecule has 2 aromatic rings. The van der Waals surface area contributed by atoms with Crippen molar-refractivity contribution in [3.8, 4) is 0 Å². The summed E-state index contributed by atoms with van der Waals surface area (Å²) in [4.78, 5) is 23.4. The molecule has 0 aromatic carbocycles. The summed E-state index contributed by atoms with van der Waals surface area (Å²) in [5, 5.41) is 3.51. The van der Waals surface area contributed by atoms with Gasteiger partial charge in [-0.05, 0) is 50.5 Å². The second-order valence-corrected chi connectivity index (χ2v) is 7.22. The quantitative estimate of drug-likeness (QED) is 0.920. The molecule has 1 amide bonds. The Morgan fingerprint density at radius 1 is 1.31 bits per heavy atom. The molecule has 1 spiro atoms. The van der Waals surface area contributed by atoms with Crippen molar-refractivity contribution in [3.63, 3.8) is 0 Å². The summed E-state index contributed by atoms with van der Waals surface area (Å²) in [6, 6.07) is 11.8. The largest absolute Gasteiger partial charge is 0.373 e. The van der Waals surface area contributed by atoms with Crippen LogP contribution in [0.25, 0.3) is 0 Å². The van der Waals surface area contributed by atoms with Gasteiger partial charge in [0.2, 0.25) is 0 Å². The molecule has 2 atom stereocenters. The highest BCUT2D eigenvalue weighted by Gasteiger charge is 2.45. The maximum atomic E-state index is 12.8. The number of nitrogens with one attached hydrogen (secondary N) is 1. The molecule has 0 saturated carbocycles. The van der Waals surface area contributed by atoms with Gasteiger partial charge >= 0.3 is 0 Å². The second kappa shape index (κ2) is 7.03. The number of hydrogen-bond donors (Lipinski definition) is 1. The first-order valence-corrected chi connectivity index (χ1v) is 9.18. The van der Waals surface area contributed by atoms with E-state index in [4.69, 9.17) is 4.74 Å². The predicted octanol–water partition coefficient (Wildman–Crippen LogP) is 2.66. The fourth-order valence-electron chi connectivity index (χ4n) is 3.93. The molecule has 2 fully saturated rings. The Morgan fingerprint density at radius 3 is 3.04 bits per heavy atom. The van der Waals surface area contributed by atoms with E-state index in [0.717, 1.165) is 30.8 Å². The number of nitrogens with zero attached hydrogens (tertiary/aromatic N) is 3. The lowest BCUT2D eigenvalue weighted by atomic mass is 9.89. The summed E-state index contributed by atoms with van der Waals surface area (Å²) in [6.45, 7) is 3.95. The van der Waals surface area contributed by atoms with E-state index < -0.39 is 0 Å². The van der Waals surface area contributed by atoms with Gasteiger partial charge in [0.1, 0.15) is 11.5 Å². The standard InChI is InChI=1S/C20H24N4O2/c1-15-5-4-6-17(22-15)19(25)24-11-9-20(14-24)13-16(8-12-26-20)23-18-7-2-3-10-21-18/h2-7,10,16H,8-9,11-14H2,1H3,(H,21,23)/t16-,20-/m0/s1. The third-order valence-electron chi connectivity index (χ3n) is 5.22. The van der Waals surface area contributed by atoms with E-state index in [2.05, 4.69) is 15.3 Å². The number of rotatable bonds is 3. The lowest BCUT2D eigenvalue weighted by Crippen LogP contribution is -2.47. The van der Waals surface area contributed by atoms with Crippen molar-refractivity contribution in [2.45, 2.75) is 37.8 Å². The smallest absolute Gasteiger partial charge is 0.272 e. The number of anilines is 1. The molecule has 26 heavy (non-hydrogen) atoms. The number of aryl methyl sites for hydroxylation is 1. The molecule has 2 saturated heterocycles. The Labute approximate surface area is 153 Å². The zero-order chi connectivity index (χ0) is 18.0. The maximum Gasteiger partial charge on any atom is 0.272 e. The van der Waals surface area contributed by atoms with Crippen LogP contribution in [0.5, 0.6) is 0 Å². The highest BCUT2D eigenvalue weighted by atomic mass is 16.5. The Bertz CT molecular complexity index is 782. The fourth-order valence-corrected chi connectivity index (χ4v) is 3.93. The van der Waals surface area contributed by atoms with Crippen LogP contribution < -0.4 is 5.32 Å². The summed E-state index contributed by atoms with van der Waals surface area (Å²) in [5.74, 6) is 0.887. The third kappa shape index (κ3) is 3.55. The van der Waals surface area contributed by atoms with Crippen LogP contribution in [0.15, 0.2) is 42.6 Å². The summed E-state index contributed by atoms with van der Waals surface area (Å²) >= 11 is 0. The van der Waals surface area contributed by atoms with Crippen molar-refractivity contribution >= 4 is 11.7 Å². The molecular weight excluding hydrogens is 328 g/mol. The van der Waals surface area contributed by atoms with E-state index in [1.54, 1.807) is 12.3 Å². The van der Waals surface area contributed by atoms with E-state index in [0.29, 0.717) is 31.4 Å². The van der Waals surface area contributed by atoms with Crippen LogP contribution in [0.4, 0.5) is 5.82 Å². The van der Waals surface area contributed by atoms with Crippen molar-refractivity contribution in [2.24, 2.45) is 0 Å². The van der Waals surface area contributed by atoms with Crippen molar-refractivity contribution < 1.29 is 9.53 Å². The minimum Gasteiger partial charge on any atom is -0.373 e. The van der Waals surface area contributed by atoms with E-state index in [9.17, 15) is 4.79 Å². The van der Waals surface area contributed by atoms with Crippen LogP contribution in [0.1, 0.15) is 35.4 Å². The zero-order valence-electron chi connectivity index (χ0n) is 15.0. The van der Waals surface area contributed by atoms with Gasteiger partial charge in [0.15, 0.2) is 0 Å². The van der Waals surface area contributed by atoms with E-state index in [-0.39, 0.29) is 11.5 Å². The molecule has 2 aromatic heterocycles. The highest BCUT2D eigenvalue weighted by molar-refractivity contribution is 5.92. The minimum atomic E-state index is -0.260. The van der Waals surface area contributed by atoms with Crippen LogP contribution in [-0.2, 0) is 4.74 Å². The first kappa shape index (κ1) is 17.0. The van der Waals surface area contributed by atoms with E-state index in [1.807, 2.05) is 42.2 Å². The van der Waals surface area contributed by atoms with Gasteiger partial charge in [0, 0.05) is 31.1 Å². The SMILES string of the molecule is Cc1cccc(C(=O)N2CC[C@]3(C[C@@H](Nc4ccccn4)CCO3)C2)n1. The average molecular weight is 352 g/mol. The second-order valence-electron chi connectivity index (χ2n) is 7.22. The average Bonchev–Trinajstić information content (AvgIpc) is 3.05. The number of hydrogen-bond acceptors (Lipinski definition) is 5. The molecule has 136 valence electrons. The monoisotopic (exact) mass is 352 g/mol. The molecule has 2 aliphatic heterocycles. The van der Waals surface area contributed by atoms with E-state index in [1.165, 1.54) is 0 Å². The van der Waals surface area contributed by atoms with Crippen LogP contribution >= 0.6 is 0 Å². The normalized spacial score (nSPS) is 25.4. The van der Waals surface area contributed by atoms with Gasteiger partial charge in [0.05, 0.1) is 12.1 Å². The van der Waals surface area contributed by atoms with Gasteiger partial charge in [-0.25, -0.2) is 9.97 Å². The lowest BCUT2D eigenvalue weighted by molar-refractivity contribution is -0.0721. The molecule has 0 radical (unpaired) electrons. The summed E-state index contributed by atoms with van der Waals surface area (Å²) in [5.41, 5.74) is 1.11. The number of pyridine rings is 2. The van der Waals surface area contributed by atoms with Gasteiger partial charge in [-0.1, -0.05) is 12.1 Å². The molecule has 0 aliphatic carbocycles. The molecule has 1 N–H and O–H groups in total. The summed E-state index contributed by atoms with van der Waals surface area (Å²) < 4.78 is 6.16. The van der Waals surface area contributed by atoms with Gasteiger partial charge < -0.3 is 15.0 Å². The third-order valence-corrected chi connectivity index (χ3v) is 5.22. The number of aromatic nitrogens is 2. The van der Waals surface area contributed by atoms with Gasteiger partial charge in [-0.15, -0.1) is 0 Å². The molecule has 4 rings (SSSR count). The molecule has 6 heteroatoms. The molecule has 0 unspecified atom stereocenters. The Balaban J connectivity index is 1.42. The predicted molar refractivity (Wildman–Crippen MR) is 99.1 cm³/mol. The van der Waals surface area contributed by atoms with Crippen LogP contribution in [0, 0.1) is 6.92 Å². The van der Waals surface area contributed by atoms with Gasteiger partial charge in [-0.2, -0.15) is 0 Å². The molecule has 4 heterocycles. The zero-order valence-corrected chi connectivity index (χ0v) is 15.0. The van der Waals surface area contributed by atoms with E-state index >= 15 is 0 Å². The number of ether oxygens (including phenoxy) is 1. The first-order chi connectivity index (χ1) is 12.6. The van der Waals surface area contributed by atoms with Crippen LogP contribution in [0.2, 0.25) is 0 Å². The molecule has 6 nitrogen and oxygen atoms in total. The summed E-state index contributed by atoms with van der Waals surface area (Å²) in [6.07, 6.45) is 4.49. The van der Waals surface area contributed by atoms with Crippen molar-refractivity contribution in [3.05, 3.63) is 54.0 Å². The highest BCUT2D eigenvalue weighted by Crippen LogP contribution is 2.35. The van der Waals surface area contributed by atoms with Crippen molar-refractivity contribution in [2.75, 3.05) is 25.0 Å². The van der Waals surface area contributed by atoms with Gasteiger partial charge in [-0.3, -0.25) is 4.79 Å². The van der Waals surface area contributed by atoms with Crippen molar-refractivity contribution in [1.29, 1.82) is 0 Å². The molecule has 2 aliphatic rings. The number of carbonyl (C=O) groups is 1. The number of carbonyl (C=O) groups excluding carboxylic acids is 1. The lowest BCUT2D eigenvalue weighted by Gasteiger charge is -2.38. The summed E-state index contributed by atoms with van der Waals surface area (Å²) in [7, 11) is 0. The minimum absolute atomic E-state index is 0.00557. The first-order valence-electron chi connectivity index (χ1n) is 9.18. The van der Waals surface area contributed by atoms with Crippen molar-refractivity contribution in [1.82, 2.24) is 14.9 Å². The number of amides is 1. The Hall–Kier alpha value is -2.47. The Kier molecular flexibility index (Phi) is 4.59. The topological polar surface area (TPSA) is 67.4 Å². The number of likely N-dealkylation sites (tertiary alicyclic amines) is 1. The fraction of sp³-hybridized carbons (Fsp3) is 0.450. The Morgan fingerprint density at radius 2 is 2.23 bits per heavy atom. The molecule has 0 bridgehead atoms. The van der Waals surface area contributed by atoms with Crippen LogP contribution in [-0.4, -0.2) is 52.1 Å². The molecular formula is C20H24N4O2. The van der Waals surface area contributed by atoms with Gasteiger partial charge in [0.25, 0.3) is 5.91 Å².